The summed E-state index contributed by atoms with van der Waals surface area (Å²) in [6.45, 7) is 13.6. The van der Waals surface area contributed by atoms with Gasteiger partial charge in [-0.2, -0.15) is 0 Å². The molecule has 3 heteroatoms. The highest BCUT2D eigenvalue weighted by molar-refractivity contribution is 6.70. The molecule has 0 amide bonds. The van der Waals surface area contributed by atoms with Crippen LogP contribution in [-0.2, 0) is 8.85 Å². The maximum absolute atomic E-state index is 6.83. The van der Waals surface area contributed by atoms with E-state index in [2.05, 4.69) is 34.6 Å². The van der Waals surface area contributed by atoms with Gasteiger partial charge in [0.25, 0.3) is 0 Å². The van der Waals surface area contributed by atoms with Crippen molar-refractivity contribution in [3.63, 3.8) is 0 Å². The fraction of sp³-hybridized carbons (Fsp3) is 1.00. The van der Waals surface area contributed by atoms with Gasteiger partial charge >= 0.3 is 8.56 Å². The van der Waals surface area contributed by atoms with E-state index in [0.717, 1.165) is 49.4 Å². The first-order chi connectivity index (χ1) is 11.5. The fourth-order valence-electron chi connectivity index (χ4n) is 5.07. The maximum atomic E-state index is 6.83. The second kappa shape index (κ2) is 9.73. The average Bonchev–Trinajstić information content (AvgIpc) is 2.59. The molecule has 24 heavy (non-hydrogen) atoms. The Morgan fingerprint density at radius 1 is 0.750 bits per heavy atom. The molecule has 0 N–H and O–H groups in total. The van der Waals surface area contributed by atoms with Crippen molar-refractivity contribution in [3.8, 4) is 0 Å². The quantitative estimate of drug-likeness (QED) is 0.452. The molecule has 2 fully saturated rings. The van der Waals surface area contributed by atoms with Crippen molar-refractivity contribution >= 4 is 8.56 Å². The van der Waals surface area contributed by atoms with Crippen LogP contribution in [0.5, 0.6) is 0 Å². The minimum atomic E-state index is -2.17. The van der Waals surface area contributed by atoms with Crippen LogP contribution in [0, 0.1) is 17.8 Å². The third kappa shape index (κ3) is 4.85. The highest BCUT2D eigenvalue weighted by Crippen LogP contribution is 2.53. The molecular formula is C21H42O2Si. The molecule has 0 radical (unpaired) electrons. The van der Waals surface area contributed by atoms with Crippen molar-refractivity contribution in [1.82, 2.24) is 0 Å². The van der Waals surface area contributed by atoms with Gasteiger partial charge in [0.05, 0.1) is 0 Å². The van der Waals surface area contributed by atoms with E-state index in [9.17, 15) is 0 Å². The Morgan fingerprint density at radius 3 is 1.83 bits per heavy atom. The molecule has 2 aliphatic rings. The van der Waals surface area contributed by atoms with Crippen molar-refractivity contribution in [3.05, 3.63) is 0 Å². The summed E-state index contributed by atoms with van der Waals surface area (Å²) in [5.74, 6) is 2.52. The highest BCUT2D eigenvalue weighted by atomic mass is 28.4. The summed E-state index contributed by atoms with van der Waals surface area (Å²) in [4.78, 5) is 0. The smallest absolute Gasteiger partial charge is 0.344 e. The SMILES string of the molecule is CCCO[Si](OCCC)(C1CCC(C)CC1)C1CC(C)CCC1C. The average molecular weight is 355 g/mol. The largest absolute Gasteiger partial charge is 0.394 e. The predicted octanol–water partition coefficient (Wildman–Crippen LogP) is 6.69. The van der Waals surface area contributed by atoms with E-state index in [1.54, 1.807) is 0 Å². The van der Waals surface area contributed by atoms with Gasteiger partial charge in [-0.3, -0.25) is 0 Å². The first-order valence-electron chi connectivity index (χ1n) is 10.8. The van der Waals surface area contributed by atoms with Gasteiger partial charge in [-0.05, 0) is 49.9 Å². The molecule has 0 aliphatic heterocycles. The van der Waals surface area contributed by atoms with Gasteiger partial charge in [-0.1, -0.05) is 60.3 Å². The van der Waals surface area contributed by atoms with Crippen LogP contribution in [0.25, 0.3) is 0 Å². The summed E-state index contributed by atoms with van der Waals surface area (Å²) in [5, 5.41) is 0. The van der Waals surface area contributed by atoms with Crippen LogP contribution in [-0.4, -0.2) is 21.8 Å². The van der Waals surface area contributed by atoms with E-state index >= 15 is 0 Å². The Labute approximate surface area is 152 Å². The summed E-state index contributed by atoms with van der Waals surface area (Å²) in [6.07, 6.45) is 11.8. The molecule has 0 aromatic heterocycles. The van der Waals surface area contributed by atoms with Crippen LogP contribution in [0.15, 0.2) is 0 Å². The third-order valence-electron chi connectivity index (χ3n) is 6.62. The Kier molecular flexibility index (Phi) is 8.29. The van der Waals surface area contributed by atoms with Crippen LogP contribution in [0.2, 0.25) is 11.1 Å². The summed E-state index contributed by atoms with van der Waals surface area (Å²) >= 11 is 0. The molecule has 2 aliphatic carbocycles. The molecular weight excluding hydrogens is 312 g/mol. The summed E-state index contributed by atoms with van der Waals surface area (Å²) in [6, 6.07) is 0. The monoisotopic (exact) mass is 354 g/mol. The first kappa shape index (κ1) is 20.4. The molecule has 2 saturated carbocycles. The van der Waals surface area contributed by atoms with E-state index in [1.165, 1.54) is 44.9 Å². The number of rotatable bonds is 8. The van der Waals surface area contributed by atoms with Gasteiger partial charge in [0, 0.05) is 24.3 Å². The predicted molar refractivity (Wildman–Crippen MR) is 106 cm³/mol. The standard InChI is InChI=1S/C21H42O2Si/c1-6-14-22-24(23-15-7-2,20-12-9-17(3)10-13-20)21-16-18(4)8-11-19(21)5/h17-21H,6-16H2,1-5H3. The lowest BCUT2D eigenvalue weighted by Gasteiger charge is -2.49. The zero-order valence-corrected chi connectivity index (χ0v) is 18.0. The second-order valence-electron chi connectivity index (χ2n) is 8.88. The molecule has 0 spiro atoms. The summed E-state index contributed by atoms with van der Waals surface area (Å²) in [5.41, 5.74) is 1.43. The Bertz CT molecular complexity index is 344. The van der Waals surface area contributed by atoms with Crippen molar-refractivity contribution < 1.29 is 8.85 Å². The van der Waals surface area contributed by atoms with Crippen molar-refractivity contribution in [2.24, 2.45) is 17.8 Å². The molecule has 0 aromatic carbocycles. The van der Waals surface area contributed by atoms with E-state index in [4.69, 9.17) is 8.85 Å². The summed E-state index contributed by atoms with van der Waals surface area (Å²) in [7, 11) is -2.17. The molecule has 142 valence electrons. The lowest BCUT2D eigenvalue weighted by molar-refractivity contribution is 0.116. The van der Waals surface area contributed by atoms with Gasteiger partial charge in [0.1, 0.15) is 0 Å². The molecule has 3 unspecified atom stereocenters. The first-order valence-corrected chi connectivity index (χ1v) is 12.8. The van der Waals surface area contributed by atoms with Gasteiger partial charge in [0.2, 0.25) is 0 Å². The second-order valence-corrected chi connectivity index (χ2v) is 12.5. The fourth-order valence-corrected chi connectivity index (χ4v) is 10.5. The van der Waals surface area contributed by atoms with Gasteiger partial charge in [-0.25, -0.2) is 0 Å². The molecule has 2 nitrogen and oxygen atoms in total. The Hall–Kier alpha value is 0.137. The zero-order valence-electron chi connectivity index (χ0n) is 17.0. The highest BCUT2D eigenvalue weighted by Gasteiger charge is 2.55. The Morgan fingerprint density at radius 2 is 1.29 bits per heavy atom. The summed E-state index contributed by atoms with van der Waals surface area (Å²) < 4.78 is 13.7. The van der Waals surface area contributed by atoms with Crippen LogP contribution in [0.4, 0.5) is 0 Å². The maximum Gasteiger partial charge on any atom is 0.344 e. The third-order valence-corrected chi connectivity index (χ3v) is 11.5. The van der Waals surface area contributed by atoms with E-state index < -0.39 is 8.56 Å². The zero-order chi connectivity index (χ0) is 17.6. The molecule has 0 aromatic rings. The Balaban J connectivity index is 2.28. The number of hydrogen-bond acceptors (Lipinski definition) is 2. The van der Waals surface area contributed by atoms with Crippen molar-refractivity contribution in [2.45, 2.75) is 103 Å². The molecule has 0 heterocycles. The lowest BCUT2D eigenvalue weighted by Crippen LogP contribution is -2.55. The van der Waals surface area contributed by atoms with Crippen LogP contribution < -0.4 is 0 Å². The van der Waals surface area contributed by atoms with E-state index in [-0.39, 0.29) is 0 Å². The van der Waals surface area contributed by atoms with Crippen LogP contribution >= 0.6 is 0 Å². The molecule has 0 saturated heterocycles. The molecule has 3 atom stereocenters. The topological polar surface area (TPSA) is 18.5 Å². The normalized spacial score (nSPS) is 35.1. The lowest BCUT2D eigenvalue weighted by atomic mass is 9.83. The van der Waals surface area contributed by atoms with E-state index in [0.29, 0.717) is 5.54 Å². The molecule has 0 bridgehead atoms. The minimum absolute atomic E-state index is 0.706. The minimum Gasteiger partial charge on any atom is -0.394 e. The van der Waals surface area contributed by atoms with E-state index in [1.807, 2.05) is 0 Å². The van der Waals surface area contributed by atoms with Gasteiger partial charge in [0.15, 0.2) is 0 Å². The van der Waals surface area contributed by atoms with Gasteiger partial charge in [-0.15, -0.1) is 0 Å². The van der Waals surface area contributed by atoms with Crippen LogP contribution in [0.3, 0.4) is 0 Å². The van der Waals surface area contributed by atoms with Crippen molar-refractivity contribution in [2.75, 3.05) is 13.2 Å². The van der Waals surface area contributed by atoms with Crippen LogP contribution in [0.1, 0.15) is 92.4 Å². The van der Waals surface area contributed by atoms with Gasteiger partial charge < -0.3 is 8.85 Å². The molecule has 2 rings (SSSR count). The van der Waals surface area contributed by atoms with Crippen molar-refractivity contribution in [1.29, 1.82) is 0 Å². The number of hydrogen-bond donors (Lipinski definition) is 0.